The topological polar surface area (TPSA) is 35.2 Å². The van der Waals surface area contributed by atoms with Crippen molar-refractivity contribution < 1.29 is 4.74 Å². The lowest BCUT2D eigenvalue weighted by atomic mass is 9.72. The zero-order valence-electron chi connectivity index (χ0n) is 11.0. The third-order valence-corrected chi connectivity index (χ3v) is 4.88. The van der Waals surface area contributed by atoms with E-state index in [9.17, 15) is 0 Å². The van der Waals surface area contributed by atoms with Crippen molar-refractivity contribution in [3.8, 4) is 0 Å². The lowest BCUT2D eigenvalue weighted by Gasteiger charge is -2.37. The van der Waals surface area contributed by atoms with E-state index in [1.807, 2.05) is 0 Å². The molecule has 16 heavy (non-hydrogen) atoms. The molecule has 0 bridgehead atoms. The van der Waals surface area contributed by atoms with E-state index >= 15 is 0 Å². The summed E-state index contributed by atoms with van der Waals surface area (Å²) < 4.78 is 5.91. The van der Waals surface area contributed by atoms with Crippen molar-refractivity contribution in [2.24, 2.45) is 23.5 Å². The molecule has 1 heterocycles. The van der Waals surface area contributed by atoms with Crippen LogP contribution in [-0.4, -0.2) is 18.2 Å². The molecule has 1 saturated heterocycles. The Morgan fingerprint density at radius 3 is 2.31 bits per heavy atom. The van der Waals surface area contributed by atoms with Crippen LogP contribution in [0.5, 0.6) is 0 Å². The van der Waals surface area contributed by atoms with Gasteiger partial charge in [-0.3, -0.25) is 0 Å². The van der Waals surface area contributed by atoms with E-state index < -0.39 is 0 Å². The van der Waals surface area contributed by atoms with Crippen molar-refractivity contribution in [1.82, 2.24) is 0 Å². The molecular weight excluding hydrogens is 198 g/mol. The van der Waals surface area contributed by atoms with Gasteiger partial charge in [0.15, 0.2) is 0 Å². The van der Waals surface area contributed by atoms with Gasteiger partial charge in [-0.05, 0) is 50.4 Å². The Kier molecular flexibility index (Phi) is 3.91. The first-order chi connectivity index (χ1) is 7.58. The molecule has 2 heteroatoms. The molecule has 0 spiro atoms. The van der Waals surface area contributed by atoms with Crippen LogP contribution in [0.4, 0.5) is 0 Å². The highest BCUT2D eigenvalue weighted by atomic mass is 16.5. The monoisotopic (exact) mass is 225 g/mol. The second kappa shape index (κ2) is 5.05. The van der Waals surface area contributed by atoms with Gasteiger partial charge in [-0.25, -0.2) is 0 Å². The molecule has 6 atom stereocenters. The molecule has 0 radical (unpaired) electrons. The molecule has 0 aromatic carbocycles. The van der Waals surface area contributed by atoms with Crippen molar-refractivity contribution in [2.45, 2.75) is 71.1 Å². The first kappa shape index (κ1) is 12.4. The number of nitrogens with two attached hydrogens (primary N) is 1. The molecule has 94 valence electrons. The maximum absolute atomic E-state index is 6.40. The van der Waals surface area contributed by atoms with Crippen LogP contribution in [0.1, 0.15) is 52.9 Å². The second-order valence-corrected chi connectivity index (χ2v) is 6.17. The summed E-state index contributed by atoms with van der Waals surface area (Å²) >= 11 is 0. The van der Waals surface area contributed by atoms with Gasteiger partial charge >= 0.3 is 0 Å². The van der Waals surface area contributed by atoms with Crippen molar-refractivity contribution in [1.29, 1.82) is 0 Å². The third-order valence-electron chi connectivity index (χ3n) is 4.88. The minimum absolute atomic E-state index is 0.278. The lowest BCUT2D eigenvalue weighted by Crippen LogP contribution is -2.43. The predicted octanol–water partition coefficient (Wildman–Crippen LogP) is 2.95. The van der Waals surface area contributed by atoms with Crippen molar-refractivity contribution in [3.05, 3.63) is 0 Å². The first-order valence-electron chi connectivity index (χ1n) is 6.99. The van der Waals surface area contributed by atoms with Crippen molar-refractivity contribution >= 4 is 0 Å². The molecule has 6 unspecified atom stereocenters. The van der Waals surface area contributed by atoms with Gasteiger partial charge in [-0.2, -0.15) is 0 Å². The fourth-order valence-corrected chi connectivity index (χ4v) is 3.36. The van der Waals surface area contributed by atoms with E-state index in [1.54, 1.807) is 0 Å². The summed E-state index contributed by atoms with van der Waals surface area (Å²) in [6, 6.07) is 0.278. The Balaban J connectivity index is 1.87. The lowest BCUT2D eigenvalue weighted by molar-refractivity contribution is 0.0165. The normalized spacial score (nSPS) is 46.9. The molecular formula is C14H27NO. The largest absolute Gasteiger partial charge is 0.374 e. The Labute approximate surface area is 99.9 Å². The van der Waals surface area contributed by atoms with Gasteiger partial charge in [0.25, 0.3) is 0 Å². The SMILES string of the molecule is CC1CCC(C(N)C2CCC(C)C(C)C2)O1. The van der Waals surface area contributed by atoms with Gasteiger partial charge in [0.1, 0.15) is 0 Å². The molecule has 2 nitrogen and oxygen atoms in total. The average Bonchev–Trinajstić information content (AvgIpc) is 2.68. The molecule has 0 aromatic heterocycles. The Morgan fingerprint density at radius 2 is 1.75 bits per heavy atom. The fourth-order valence-electron chi connectivity index (χ4n) is 3.36. The number of rotatable bonds is 2. The van der Waals surface area contributed by atoms with E-state index in [0.29, 0.717) is 18.1 Å². The number of ether oxygens (including phenoxy) is 1. The smallest absolute Gasteiger partial charge is 0.0733 e. The van der Waals surface area contributed by atoms with Crippen LogP contribution in [0.3, 0.4) is 0 Å². The average molecular weight is 225 g/mol. The zero-order chi connectivity index (χ0) is 11.7. The second-order valence-electron chi connectivity index (χ2n) is 6.17. The predicted molar refractivity (Wildman–Crippen MR) is 67.2 cm³/mol. The minimum atomic E-state index is 0.278. The molecule has 2 aliphatic rings. The first-order valence-corrected chi connectivity index (χ1v) is 6.99. The van der Waals surface area contributed by atoms with Gasteiger partial charge in [-0.15, -0.1) is 0 Å². The zero-order valence-corrected chi connectivity index (χ0v) is 11.0. The molecule has 2 fully saturated rings. The Hall–Kier alpha value is -0.0800. The van der Waals surface area contributed by atoms with Crippen LogP contribution in [0, 0.1) is 17.8 Å². The van der Waals surface area contributed by atoms with E-state index in [0.717, 1.165) is 11.8 Å². The molecule has 1 aliphatic carbocycles. The van der Waals surface area contributed by atoms with Gasteiger partial charge in [0.05, 0.1) is 12.2 Å². The van der Waals surface area contributed by atoms with Gasteiger partial charge in [0.2, 0.25) is 0 Å². The highest BCUT2D eigenvalue weighted by Crippen LogP contribution is 2.37. The van der Waals surface area contributed by atoms with E-state index in [-0.39, 0.29) is 6.04 Å². The molecule has 2 rings (SSSR count). The maximum atomic E-state index is 6.40. The molecule has 0 amide bonds. The number of hydrogen-bond donors (Lipinski definition) is 1. The summed E-state index contributed by atoms with van der Waals surface area (Å²) in [5.41, 5.74) is 6.40. The summed E-state index contributed by atoms with van der Waals surface area (Å²) in [6.07, 6.45) is 7.08. The molecule has 2 N–H and O–H groups in total. The molecule has 1 saturated carbocycles. The van der Waals surface area contributed by atoms with Crippen LogP contribution < -0.4 is 5.73 Å². The van der Waals surface area contributed by atoms with Crippen LogP contribution in [-0.2, 0) is 4.74 Å². The Bertz CT molecular complexity index is 231. The number of hydrogen-bond acceptors (Lipinski definition) is 2. The fraction of sp³-hybridized carbons (Fsp3) is 1.00. The van der Waals surface area contributed by atoms with Gasteiger partial charge < -0.3 is 10.5 Å². The van der Waals surface area contributed by atoms with Crippen LogP contribution >= 0.6 is 0 Å². The van der Waals surface area contributed by atoms with E-state index in [2.05, 4.69) is 20.8 Å². The summed E-state index contributed by atoms with van der Waals surface area (Å²) in [5.74, 6) is 2.41. The van der Waals surface area contributed by atoms with Gasteiger partial charge in [0, 0.05) is 6.04 Å². The van der Waals surface area contributed by atoms with Crippen molar-refractivity contribution in [3.63, 3.8) is 0 Å². The maximum Gasteiger partial charge on any atom is 0.0733 e. The summed E-state index contributed by atoms with van der Waals surface area (Å²) in [4.78, 5) is 0. The summed E-state index contributed by atoms with van der Waals surface area (Å²) in [5, 5.41) is 0. The van der Waals surface area contributed by atoms with Crippen molar-refractivity contribution in [2.75, 3.05) is 0 Å². The highest BCUT2D eigenvalue weighted by molar-refractivity contribution is 4.89. The van der Waals surface area contributed by atoms with E-state index in [1.165, 1.54) is 32.1 Å². The minimum Gasteiger partial charge on any atom is -0.374 e. The van der Waals surface area contributed by atoms with E-state index in [4.69, 9.17) is 10.5 Å². The summed E-state index contributed by atoms with van der Waals surface area (Å²) in [6.45, 7) is 6.92. The highest BCUT2D eigenvalue weighted by Gasteiger charge is 2.35. The molecule has 1 aliphatic heterocycles. The summed E-state index contributed by atoms with van der Waals surface area (Å²) in [7, 11) is 0. The van der Waals surface area contributed by atoms with Crippen LogP contribution in [0.25, 0.3) is 0 Å². The standard InChI is InChI=1S/C14H27NO/c1-9-4-6-12(8-10(9)2)14(15)13-7-5-11(3)16-13/h9-14H,4-8,15H2,1-3H3. The molecule has 0 aromatic rings. The Morgan fingerprint density at radius 1 is 1.00 bits per heavy atom. The third kappa shape index (κ3) is 2.60. The van der Waals surface area contributed by atoms with Crippen LogP contribution in [0.15, 0.2) is 0 Å². The van der Waals surface area contributed by atoms with Gasteiger partial charge in [-0.1, -0.05) is 20.3 Å². The quantitative estimate of drug-likeness (QED) is 0.784. The van der Waals surface area contributed by atoms with Crippen LogP contribution in [0.2, 0.25) is 0 Å².